The van der Waals surface area contributed by atoms with E-state index in [1.54, 1.807) is 0 Å². The Labute approximate surface area is 117 Å². The summed E-state index contributed by atoms with van der Waals surface area (Å²) in [5, 5.41) is 0. The average Bonchev–Trinajstić information content (AvgIpc) is 2.28. The van der Waals surface area contributed by atoms with Crippen molar-refractivity contribution in [2.45, 2.75) is 91.6 Å². The molecular weight excluding hydrogens is 239 g/mol. The van der Waals surface area contributed by atoms with E-state index in [1.165, 1.54) is 63.7 Å². The van der Waals surface area contributed by atoms with Gasteiger partial charge in [0.2, 0.25) is 0 Å². The maximum absolute atomic E-state index is 6.26. The second-order valence-electron chi connectivity index (χ2n) is 6.25. The van der Waals surface area contributed by atoms with Crippen molar-refractivity contribution >= 4 is 8.15 Å². The predicted molar refractivity (Wildman–Crippen MR) is 85.8 cm³/mol. The third kappa shape index (κ3) is 12.8. The lowest BCUT2D eigenvalue weighted by atomic mass is 10.2. The van der Waals surface area contributed by atoms with Gasteiger partial charge in [-0.15, -0.1) is 0 Å². The molecule has 0 aromatic rings. The van der Waals surface area contributed by atoms with E-state index in [1.807, 2.05) is 0 Å². The Morgan fingerprint density at radius 3 is 1.50 bits per heavy atom. The van der Waals surface area contributed by atoms with E-state index in [4.69, 9.17) is 4.52 Å². The molecule has 0 aromatic heterocycles. The normalized spacial score (nSPS) is 12.3. The highest BCUT2D eigenvalue weighted by Crippen LogP contribution is 2.43. The quantitative estimate of drug-likeness (QED) is 0.314. The standard InChI is InChI=1S/C16H35OP/c1-6-8-10-12-14-18(17-16(3,4)5)15-13-11-9-7-2/h6-15H2,1-5H3. The van der Waals surface area contributed by atoms with E-state index < -0.39 is 0 Å². The van der Waals surface area contributed by atoms with Crippen LogP contribution in [0.4, 0.5) is 0 Å². The zero-order valence-electron chi connectivity index (χ0n) is 13.4. The smallest absolute Gasteiger partial charge is 0.0641 e. The highest BCUT2D eigenvalue weighted by atomic mass is 31.1. The third-order valence-corrected chi connectivity index (χ3v) is 5.36. The fourth-order valence-corrected chi connectivity index (χ4v) is 4.35. The molecule has 0 rings (SSSR count). The molecule has 0 aliphatic carbocycles. The Hall–Kier alpha value is 0.390. The Balaban J connectivity index is 3.85. The van der Waals surface area contributed by atoms with Gasteiger partial charge in [-0.2, -0.15) is 0 Å². The first kappa shape index (κ1) is 18.4. The van der Waals surface area contributed by atoms with Crippen LogP contribution in [0.15, 0.2) is 0 Å². The number of hydrogen-bond acceptors (Lipinski definition) is 1. The summed E-state index contributed by atoms with van der Waals surface area (Å²) >= 11 is 0. The predicted octanol–water partition coefficient (Wildman–Crippen LogP) is 6.36. The second-order valence-corrected chi connectivity index (χ2v) is 8.29. The molecule has 2 heteroatoms. The molecule has 0 fully saturated rings. The molecule has 1 nitrogen and oxygen atoms in total. The first-order valence-corrected chi connectivity index (χ1v) is 9.56. The van der Waals surface area contributed by atoms with Gasteiger partial charge in [0.15, 0.2) is 0 Å². The van der Waals surface area contributed by atoms with Gasteiger partial charge in [0.25, 0.3) is 0 Å². The van der Waals surface area contributed by atoms with Gasteiger partial charge in [-0.3, -0.25) is 0 Å². The summed E-state index contributed by atoms with van der Waals surface area (Å²) in [6.07, 6.45) is 13.6. The average molecular weight is 274 g/mol. The molecule has 0 aromatic carbocycles. The van der Waals surface area contributed by atoms with E-state index >= 15 is 0 Å². The molecule has 18 heavy (non-hydrogen) atoms. The largest absolute Gasteiger partial charge is 0.354 e. The molecule has 0 N–H and O–H groups in total. The van der Waals surface area contributed by atoms with E-state index in [9.17, 15) is 0 Å². The van der Waals surface area contributed by atoms with Gasteiger partial charge < -0.3 is 4.52 Å². The summed E-state index contributed by atoms with van der Waals surface area (Å²) in [6.45, 7) is 11.1. The lowest BCUT2D eigenvalue weighted by Gasteiger charge is -2.27. The molecule has 0 radical (unpaired) electrons. The minimum Gasteiger partial charge on any atom is -0.354 e. The summed E-state index contributed by atoms with van der Waals surface area (Å²) in [5.74, 6) is 0. The van der Waals surface area contributed by atoms with E-state index in [2.05, 4.69) is 34.6 Å². The number of unbranched alkanes of at least 4 members (excludes halogenated alkanes) is 6. The third-order valence-electron chi connectivity index (χ3n) is 2.93. The SMILES string of the molecule is CCCCCCP(CCCCCC)OC(C)(C)C. The molecule has 0 saturated carbocycles. The molecule has 0 spiro atoms. The van der Waals surface area contributed by atoms with Crippen molar-refractivity contribution in [2.75, 3.05) is 12.3 Å². The number of hydrogen-bond donors (Lipinski definition) is 0. The van der Waals surface area contributed by atoms with Crippen molar-refractivity contribution in [1.29, 1.82) is 0 Å². The fourth-order valence-electron chi connectivity index (χ4n) is 2.02. The Morgan fingerprint density at radius 2 is 1.17 bits per heavy atom. The molecule has 0 heterocycles. The van der Waals surface area contributed by atoms with Crippen LogP contribution in [0.3, 0.4) is 0 Å². The lowest BCUT2D eigenvalue weighted by molar-refractivity contribution is 0.150. The van der Waals surface area contributed by atoms with E-state index in [0.717, 1.165) is 0 Å². The molecule has 0 aliphatic rings. The second kappa shape index (κ2) is 11.2. The monoisotopic (exact) mass is 274 g/mol. The van der Waals surface area contributed by atoms with Crippen molar-refractivity contribution < 1.29 is 4.52 Å². The van der Waals surface area contributed by atoms with Crippen LogP contribution >= 0.6 is 8.15 Å². The molecular formula is C16H35OP. The van der Waals surface area contributed by atoms with Gasteiger partial charge in [0.1, 0.15) is 0 Å². The maximum Gasteiger partial charge on any atom is 0.0641 e. The van der Waals surface area contributed by atoms with Gasteiger partial charge in [0.05, 0.1) is 5.60 Å². The Morgan fingerprint density at radius 1 is 0.722 bits per heavy atom. The lowest BCUT2D eigenvalue weighted by Crippen LogP contribution is -2.17. The van der Waals surface area contributed by atoms with Crippen LogP contribution in [0.2, 0.25) is 0 Å². The highest BCUT2D eigenvalue weighted by molar-refractivity contribution is 7.52. The van der Waals surface area contributed by atoms with E-state index in [-0.39, 0.29) is 13.7 Å². The van der Waals surface area contributed by atoms with Crippen molar-refractivity contribution in [3.05, 3.63) is 0 Å². The zero-order chi connectivity index (χ0) is 13.9. The van der Waals surface area contributed by atoms with Crippen molar-refractivity contribution in [2.24, 2.45) is 0 Å². The summed E-state index contributed by atoms with van der Waals surface area (Å²) in [7, 11) is -0.182. The first-order valence-electron chi connectivity index (χ1n) is 7.93. The first-order chi connectivity index (χ1) is 8.49. The highest BCUT2D eigenvalue weighted by Gasteiger charge is 2.18. The minimum absolute atomic E-state index is 0.0429. The van der Waals surface area contributed by atoms with Gasteiger partial charge in [0, 0.05) is 8.15 Å². The van der Waals surface area contributed by atoms with Gasteiger partial charge >= 0.3 is 0 Å². The van der Waals surface area contributed by atoms with Crippen molar-refractivity contribution in [1.82, 2.24) is 0 Å². The van der Waals surface area contributed by atoms with Crippen LogP contribution in [-0.2, 0) is 4.52 Å². The molecule has 0 unspecified atom stereocenters. The summed E-state index contributed by atoms with van der Waals surface area (Å²) in [4.78, 5) is 0. The van der Waals surface area contributed by atoms with Crippen LogP contribution in [0.25, 0.3) is 0 Å². The van der Waals surface area contributed by atoms with Gasteiger partial charge in [-0.25, -0.2) is 0 Å². The topological polar surface area (TPSA) is 9.23 Å². The van der Waals surface area contributed by atoms with Crippen LogP contribution in [0.1, 0.15) is 86.0 Å². The Bertz CT molecular complexity index is 162. The van der Waals surface area contributed by atoms with Crippen LogP contribution in [0, 0.1) is 0 Å². The number of rotatable bonds is 11. The van der Waals surface area contributed by atoms with Crippen LogP contribution in [-0.4, -0.2) is 17.9 Å². The Kier molecular flexibility index (Phi) is 11.5. The molecule has 0 atom stereocenters. The van der Waals surface area contributed by atoms with Crippen LogP contribution in [0.5, 0.6) is 0 Å². The van der Waals surface area contributed by atoms with Crippen molar-refractivity contribution in [3.63, 3.8) is 0 Å². The van der Waals surface area contributed by atoms with Crippen molar-refractivity contribution in [3.8, 4) is 0 Å². The molecule has 110 valence electrons. The molecule has 0 amide bonds. The molecule has 0 bridgehead atoms. The zero-order valence-corrected chi connectivity index (χ0v) is 14.3. The van der Waals surface area contributed by atoms with Crippen LogP contribution < -0.4 is 0 Å². The minimum atomic E-state index is -0.182. The van der Waals surface area contributed by atoms with Gasteiger partial charge in [-0.05, 0) is 45.9 Å². The van der Waals surface area contributed by atoms with Gasteiger partial charge in [-0.1, -0.05) is 52.4 Å². The fraction of sp³-hybridized carbons (Fsp3) is 1.00. The summed E-state index contributed by atoms with van der Waals surface area (Å²) in [6, 6.07) is 0. The maximum atomic E-state index is 6.26. The molecule has 0 aliphatic heterocycles. The summed E-state index contributed by atoms with van der Waals surface area (Å²) in [5.41, 5.74) is 0.0429. The summed E-state index contributed by atoms with van der Waals surface area (Å²) < 4.78 is 6.26. The van der Waals surface area contributed by atoms with E-state index in [0.29, 0.717) is 0 Å². The molecule has 0 saturated heterocycles.